The molecule has 3 aromatic rings. The smallest absolute Gasteiger partial charge is 0.181 e. The summed E-state index contributed by atoms with van der Waals surface area (Å²) in [4.78, 5) is 3.93. The van der Waals surface area contributed by atoms with Crippen molar-refractivity contribution in [2.45, 2.75) is 0 Å². The van der Waals surface area contributed by atoms with Crippen molar-refractivity contribution in [2.24, 2.45) is 0 Å². The van der Waals surface area contributed by atoms with Crippen molar-refractivity contribution in [1.29, 1.82) is 0 Å². The first-order valence-electron chi connectivity index (χ1n) is 5.48. The van der Waals surface area contributed by atoms with Gasteiger partial charge in [-0.25, -0.2) is 4.98 Å². The number of rotatable bonds is 2. The SMILES string of the molecule is c1ccc(-c2cccc(-c3cnco3)c2)cc1. The van der Waals surface area contributed by atoms with Gasteiger partial charge in [-0.15, -0.1) is 0 Å². The normalized spacial score (nSPS) is 10.4. The fourth-order valence-electron chi connectivity index (χ4n) is 1.84. The molecule has 1 aromatic heterocycles. The molecule has 0 bridgehead atoms. The van der Waals surface area contributed by atoms with E-state index < -0.39 is 0 Å². The maximum Gasteiger partial charge on any atom is 0.181 e. The summed E-state index contributed by atoms with van der Waals surface area (Å²) in [6.07, 6.45) is 3.18. The third-order valence-corrected chi connectivity index (χ3v) is 2.69. The standard InChI is InChI=1S/C15H11NO/c1-2-5-12(6-3-1)13-7-4-8-14(9-13)15-10-16-11-17-15/h1-11H. The zero-order valence-electron chi connectivity index (χ0n) is 9.21. The zero-order valence-corrected chi connectivity index (χ0v) is 9.21. The minimum absolute atomic E-state index is 0.794. The largest absolute Gasteiger partial charge is 0.444 e. The van der Waals surface area contributed by atoms with E-state index in [9.17, 15) is 0 Å². The minimum Gasteiger partial charge on any atom is -0.444 e. The van der Waals surface area contributed by atoms with Gasteiger partial charge >= 0.3 is 0 Å². The van der Waals surface area contributed by atoms with Crippen LogP contribution in [-0.2, 0) is 0 Å². The van der Waals surface area contributed by atoms with Gasteiger partial charge in [-0.3, -0.25) is 0 Å². The van der Waals surface area contributed by atoms with E-state index in [1.165, 1.54) is 17.5 Å². The molecule has 0 amide bonds. The molecule has 0 N–H and O–H groups in total. The number of oxazole rings is 1. The average Bonchev–Trinajstić information content (AvgIpc) is 2.94. The van der Waals surface area contributed by atoms with Gasteiger partial charge in [0.25, 0.3) is 0 Å². The van der Waals surface area contributed by atoms with Crippen LogP contribution in [0.5, 0.6) is 0 Å². The van der Waals surface area contributed by atoms with Gasteiger partial charge in [0.15, 0.2) is 12.2 Å². The maximum absolute atomic E-state index is 5.30. The number of nitrogens with zero attached hydrogens (tertiary/aromatic N) is 1. The Labute approximate surface area is 99.6 Å². The highest BCUT2D eigenvalue weighted by Crippen LogP contribution is 2.25. The predicted molar refractivity (Wildman–Crippen MR) is 67.4 cm³/mol. The highest BCUT2D eigenvalue weighted by Gasteiger charge is 2.03. The van der Waals surface area contributed by atoms with E-state index in [-0.39, 0.29) is 0 Å². The highest BCUT2D eigenvalue weighted by molar-refractivity contribution is 5.70. The quantitative estimate of drug-likeness (QED) is 0.653. The molecule has 0 fully saturated rings. The third-order valence-electron chi connectivity index (χ3n) is 2.69. The lowest BCUT2D eigenvalue weighted by Crippen LogP contribution is -1.79. The zero-order chi connectivity index (χ0) is 11.5. The molecule has 17 heavy (non-hydrogen) atoms. The van der Waals surface area contributed by atoms with Crippen molar-refractivity contribution in [3.63, 3.8) is 0 Å². The number of hydrogen-bond acceptors (Lipinski definition) is 2. The van der Waals surface area contributed by atoms with Crippen LogP contribution in [0.4, 0.5) is 0 Å². The first kappa shape index (κ1) is 9.85. The summed E-state index contributed by atoms with van der Waals surface area (Å²) >= 11 is 0. The molecule has 2 aromatic carbocycles. The fraction of sp³-hybridized carbons (Fsp3) is 0. The number of hydrogen-bond donors (Lipinski definition) is 0. The molecule has 0 aliphatic heterocycles. The molecule has 2 nitrogen and oxygen atoms in total. The van der Waals surface area contributed by atoms with Crippen LogP contribution in [0, 0.1) is 0 Å². The highest BCUT2D eigenvalue weighted by atomic mass is 16.3. The van der Waals surface area contributed by atoms with Gasteiger partial charge in [0.05, 0.1) is 6.20 Å². The van der Waals surface area contributed by atoms with Crippen LogP contribution in [-0.4, -0.2) is 4.98 Å². The van der Waals surface area contributed by atoms with Gasteiger partial charge in [0.2, 0.25) is 0 Å². The van der Waals surface area contributed by atoms with Gasteiger partial charge in [-0.2, -0.15) is 0 Å². The Morgan fingerprint density at radius 1 is 0.765 bits per heavy atom. The van der Waals surface area contributed by atoms with Gasteiger partial charge in [0.1, 0.15) is 0 Å². The minimum atomic E-state index is 0.794. The molecular weight excluding hydrogens is 210 g/mol. The molecule has 0 aliphatic carbocycles. The lowest BCUT2D eigenvalue weighted by atomic mass is 10.0. The molecule has 0 saturated heterocycles. The molecule has 82 valence electrons. The van der Waals surface area contributed by atoms with Crippen molar-refractivity contribution in [3.8, 4) is 22.5 Å². The molecular formula is C15H11NO. The molecule has 3 rings (SSSR count). The Balaban J connectivity index is 2.06. The molecule has 0 radical (unpaired) electrons. The van der Waals surface area contributed by atoms with E-state index in [0.29, 0.717) is 0 Å². The Bertz CT molecular complexity index is 600. The van der Waals surface area contributed by atoms with Gasteiger partial charge in [-0.05, 0) is 17.2 Å². The molecule has 0 saturated carbocycles. The van der Waals surface area contributed by atoms with Gasteiger partial charge in [-0.1, -0.05) is 48.5 Å². The topological polar surface area (TPSA) is 26.0 Å². The monoisotopic (exact) mass is 221 g/mol. The Kier molecular flexibility index (Phi) is 2.47. The summed E-state index contributed by atoms with van der Waals surface area (Å²) in [5.74, 6) is 0.794. The van der Waals surface area contributed by atoms with Crippen molar-refractivity contribution in [3.05, 3.63) is 67.2 Å². The van der Waals surface area contributed by atoms with E-state index >= 15 is 0 Å². The molecule has 0 aliphatic rings. The van der Waals surface area contributed by atoms with E-state index in [2.05, 4.69) is 29.2 Å². The number of benzene rings is 2. The third kappa shape index (κ3) is 1.97. The second-order valence-electron chi connectivity index (χ2n) is 3.81. The molecule has 0 unspecified atom stereocenters. The maximum atomic E-state index is 5.30. The van der Waals surface area contributed by atoms with Crippen LogP contribution in [0.25, 0.3) is 22.5 Å². The second-order valence-corrected chi connectivity index (χ2v) is 3.81. The second kappa shape index (κ2) is 4.26. The number of aromatic nitrogens is 1. The van der Waals surface area contributed by atoms with Crippen molar-refractivity contribution in [1.82, 2.24) is 4.98 Å². The van der Waals surface area contributed by atoms with Crippen LogP contribution < -0.4 is 0 Å². The van der Waals surface area contributed by atoms with E-state index in [0.717, 1.165) is 11.3 Å². The lowest BCUT2D eigenvalue weighted by molar-refractivity contribution is 0.572. The van der Waals surface area contributed by atoms with Crippen LogP contribution in [0.1, 0.15) is 0 Å². The fourth-order valence-corrected chi connectivity index (χ4v) is 1.84. The van der Waals surface area contributed by atoms with Crippen molar-refractivity contribution < 1.29 is 4.42 Å². The first-order valence-corrected chi connectivity index (χ1v) is 5.48. The summed E-state index contributed by atoms with van der Waals surface area (Å²) in [5, 5.41) is 0. The Morgan fingerprint density at radius 3 is 2.29 bits per heavy atom. The van der Waals surface area contributed by atoms with Gasteiger partial charge < -0.3 is 4.42 Å². The Hall–Kier alpha value is -2.35. The van der Waals surface area contributed by atoms with Crippen LogP contribution >= 0.6 is 0 Å². The van der Waals surface area contributed by atoms with E-state index in [1.807, 2.05) is 30.3 Å². The summed E-state index contributed by atoms with van der Waals surface area (Å²) < 4.78 is 5.30. The van der Waals surface area contributed by atoms with Crippen molar-refractivity contribution in [2.75, 3.05) is 0 Å². The van der Waals surface area contributed by atoms with Crippen molar-refractivity contribution >= 4 is 0 Å². The average molecular weight is 221 g/mol. The van der Waals surface area contributed by atoms with E-state index in [4.69, 9.17) is 4.42 Å². The molecule has 1 heterocycles. The first-order chi connectivity index (χ1) is 8.43. The summed E-state index contributed by atoms with van der Waals surface area (Å²) in [6, 6.07) is 18.5. The molecule has 2 heteroatoms. The van der Waals surface area contributed by atoms with Crippen LogP contribution in [0.15, 0.2) is 71.6 Å². The Morgan fingerprint density at radius 2 is 1.53 bits per heavy atom. The summed E-state index contributed by atoms with van der Waals surface area (Å²) in [5.41, 5.74) is 3.43. The molecule has 0 spiro atoms. The van der Waals surface area contributed by atoms with Crippen LogP contribution in [0.2, 0.25) is 0 Å². The van der Waals surface area contributed by atoms with Crippen LogP contribution in [0.3, 0.4) is 0 Å². The summed E-state index contributed by atoms with van der Waals surface area (Å²) in [6.45, 7) is 0. The summed E-state index contributed by atoms with van der Waals surface area (Å²) in [7, 11) is 0. The molecule has 0 atom stereocenters. The predicted octanol–water partition coefficient (Wildman–Crippen LogP) is 4.01. The van der Waals surface area contributed by atoms with Gasteiger partial charge in [0, 0.05) is 5.56 Å². The van der Waals surface area contributed by atoms with E-state index in [1.54, 1.807) is 6.20 Å². The lowest BCUT2D eigenvalue weighted by Gasteiger charge is -2.03.